The molecule has 0 amide bonds. The average molecular weight is 451 g/mol. The molecule has 0 atom stereocenters. The first-order valence-corrected chi connectivity index (χ1v) is 11.6. The number of rotatable bonds is 13. The lowest BCUT2D eigenvalue weighted by atomic mass is 9.96. The van der Waals surface area contributed by atoms with E-state index in [1.807, 2.05) is 18.2 Å². The van der Waals surface area contributed by atoms with Crippen LogP contribution in [0, 0.1) is 25.7 Å². The van der Waals surface area contributed by atoms with Gasteiger partial charge in [0, 0.05) is 24.8 Å². The van der Waals surface area contributed by atoms with Crippen LogP contribution in [0.25, 0.3) is 0 Å². The van der Waals surface area contributed by atoms with E-state index in [0.29, 0.717) is 25.2 Å². The Bertz CT molecular complexity index is 977. The van der Waals surface area contributed by atoms with E-state index < -0.39 is 11.9 Å². The highest BCUT2D eigenvalue weighted by molar-refractivity contribution is 5.67. The predicted octanol–water partition coefficient (Wildman–Crippen LogP) is 5.72. The molecule has 2 aromatic carbocycles. The fraction of sp³-hybridized carbons (Fsp3) is 0.429. The Labute approximate surface area is 196 Å². The first-order valence-electron chi connectivity index (χ1n) is 11.6. The summed E-state index contributed by atoms with van der Waals surface area (Å²) in [5.41, 5.74) is 5.55. The first kappa shape index (κ1) is 26.0. The summed E-state index contributed by atoms with van der Waals surface area (Å²) in [6, 6.07) is 12.1. The van der Waals surface area contributed by atoms with Crippen LogP contribution in [0.5, 0.6) is 5.75 Å². The molecule has 2 aromatic rings. The van der Waals surface area contributed by atoms with Crippen LogP contribution in [0.4, 0.5) is 0 Å². The molecule has 2 rings (SSSR count). The highest BCUT2D eigenvalue weighted by Crippen LogP contribution is 2.26. The van der Waals surface area contributed by atoms with Gasteiger partial charge in [0.2, 0.25) is 0 Å². The van der Waals surface area contributed by atoms with E-state index in [1.165, 1.54) is 11.1 Å². The molecule has 0 radical (unpaired) electrons. The van der Waals surface area contributed by atoms with Crippen LogP contribution in [-0.4, -0.2) is 28.8 Å². The average Bonchev–Trinajstić information content (AvgIpc) is 2.74. The second kappa shape index (κ2) is 14.0. The monoisotopic (exact) mass is 450 g/mol. The molecule has 0 aliphatic rings. The molecule has 0 saturated carbocycles. The predicted molar refractivity (Wildman–Crippen MR) is 130 cm³/mol. The molecule has 0 bridgehead atoms. The number of aryl methyl sites for hydroxylation is 3. The van der Waals surface area contributed by atoms with Crippen LogP contribution >= 0.6 is 0 Å². The van der Waals surface area contributed by atoms with E-state index in [9.17, 15) is 9.59 Å². The fourth-order valence-corrected chi connectivity index (χ4v) is 3.82. The van der Waals surface area contributed by atoms with Gasteiger partial charge in [-0.3, -0.25) is 9.59 Å². The third-order valence-corrected chi connectivity index (χ3v) is 5.31. The zero-order chi connectivity index (χ0) is 24.1. The van der Waals surface area contributed by atoms with E-state index in [0.717, 1.165) is 48.8 Å². The number of hydrogen-bond acceptors (Lipinski definition) is 3. The van der Waals surface area contributed by atoms with Crippen molar-refractivity contribution in [2.45, 2.75) is 71.6 Å². The van der Waals surface area contributed by atoms with Gasteiger partial charge in [0.1, 0.15) is 5.75 Å². The lowest BCUT2D eigenvalue weighted by Crippen LogP contribution is -2.07. The molecule has 0 heterocycles. The highest BCUT2D eigenvalue weighted by atomic mass is 16.5. The van der Waals surface area contributed by atoms with Gasteiger partial charge in [0.15, 0.2) is 0 Å². The maximum absolute atomic E-state index is 11.1. The van der Waals surface area contributed by atoms with Crippen LogP contribution < -0.4 is 4.74 Å². The summed E-state index contributed by atoms with van der Waals surface area (Å²) >= 11 is 0. The minimum Gasteiger partial charge on any atom is -0.493 e. The van der Waals surface area contributed by atoms with Crippen molar-refractivity contribution in [2.75, 3.05) is 6.61 Å². The van der Waals surface area contributed by atoms with Gasteiger partial charge < -0.3 is 14.9 Å². The van der Waals surface area contributed by atoms with Gasteiger partial charge in [-0.15, -0.1) is 0 Å². The minimum atomic E-state index is -0.850. The van der Waals surface area contributed by atoms with Crippen molar-refractivity contribution >= 4 is 11.9 Å². The summed E-state index contributed by atoms with van der Waals surface area (Å²) in [7, 11) is 0. The van der Waals surface area contributed by atoms with Crippen LogP contribution in [0.1, 0.15) is 72.8 Å². The Balaban J connectivity index is 1.87. The number of ether oxygens (including phenoxy) is 1. The molecule has 5 nitrogen and oxygen atoms in total. The normalized spacial score (nSPS) is 10.4. The molecular weight excluding hydrogens is 416 g/mol. The summed E-state index contributed by atoms with van der Waals surface area (Å²) in [6.07, 6.45) is 5.68. The van der Waals surface area contributed by atoms with E-state index in [1.54, 1.807) is 0 Å². The van der Waals surface area contributed by atoms with Crippen molar-refractivity contribution in [3.05, 3.63) is 64.2 Å². The maximum atomic E-state index is 11.1. The van der Waals surface area contributed by atoms with Gasteiger partial charge in [-0.25, -0.2) is 0 Å². The number of carboxylic acid groups (broad SMARTS) is 2. The Kier molecular flexibility index (Phi) is 11.0. The summed E-state index contributed by atoms with van der Waals surface area (Å²) < 4.78 is 5.80. The quantitative estimate of drug-likeness (QED) is 0.301. The van der Waals surface area contributed by atoms with Crippen molar-refractivity contribution in [3.63, 3.8) is 0 Å². The van der Waals surface area contributed by atoms with Crippen LogP contribution in [0.2, 0.25) is 0 Å². The standard InChI is InChI=1S/C28H34O5/c1-21-18-22(2)20-23(19-21)10-6-4-3-5-7-11-24-12-8-13-26(25(24)15-16-28(31)32)33-17-9-14-27(29)30/h8,12-13,18-20H,3-5,7,9,11,14-17H2,1-2H3,(H,29,30)(H,31,32). The topological polar surface area (TPSA) is 83.8 Å². The van der Waals surface area contributed by atoms with Crippen molar-refractivity contribution in [1.29, 1.82) is 0 Å². The van der Waals surface area contributed by atoms with E-state index in [4.69, 9.17) is 14.9 Å². The number of hydrogen-bond donors (Lipinski definition) is 2. The molecule has 0 unspecified atom stereocenters. The lowest BCUT2D eigenvalue weighted by molar-refractivity contribution is -0.138. The fourth-order valence-electron chi connectivity index (χ4n) is 3.82. The molecule has 176 valence electrons. The molecule has 0 spiro atoms. The number of carbonyl (C=O) groups is 2. The van der Waals surface area contributed by atoms with Crippen LogP contribution in [0.3, 0.4) is 0 Å². The van der Waals surface area contributed by atoms with Gasteiger partial charge in [-0.05, 0) is 86.4 Å². The summed E-state index contributed by atoms with van der Waals surface area (Å²) in [5.74, 6) is 5.49. The Morgan fingerprint density at radius 2 is 1.61 bits per heavy atom. The van der Waals surface area contributed by atoms with E-state index in [2.05, 4.69) is 43.9 Å². The van der Waals surface area contributed by atoms with Gasteiger partial charge >= 0.3 is 11.9 Å². The molecule has 0 aliphatic carbocycles. The minimum absolute atomic E-state index is 0.0382. The van der Waals surface area contributed by atoms with Gasteiger partial charge in [-0.1, -0.05) is 36.5 Å². The Morgan fingerprint density at radius 3 is 2.30 bits per heavy atom. The third kappa shape index (κ3) is 10.3. The first-order chi connectivity index (χ1) is 15.8. The Hall–Kier alpha value is -3.26. The third-order valence-electron chi connectivity index (χ3n) is 5.31. The number of aliphatic carboxylic acids is 2. The number of benzene rings is 2. The van der Waals surface area contributed by atoms with Crippen molar-refractivity contribution in [1.82, 2.24) is 0 Å². The molecule has 0 saturated heterocycles. The van der Waals surface area contributed by atoms with Gasteiger partial charge in [0.25, 0.3) is 0 Å². The summed E-state index contributed by atoms with van der Waals surface area (Å²) in [6.45, 7) is 4.47. The van der Waals surface area contributed by atoms with Crippen molar-refractivity contribution < 1.29 is 24.5 Å². The molecule has 0 aromatic heterocycles. The zero-order valence-corrected chi connectivity index (χ0v) is 19.7. The second-order valence-electron chi connectivity index (χ2n) is 8.37. The smallest absolute Gasteiger partial charge is 0.303 e. The van der Waals surface area contributed by atoms with E-state index in [-0.39, 0.29) is 12.8 Å². The van der Waals surface area contributed by atoms with Gasteiger partial charge in [-0.2, -0.15) is 0 Å². The molecule has 5 heteroatoms. The summed E-state index contributed by atoms with van der Waals surface area (Å²) in [4.78, 5) is 21.8. The zero-order valence-electron chi connectivity index (χ0n) is 19.7. The largest absolute Gasteiger partial charge is 0.493 e. The molecule has 33 heavy (non-hydrogen) atoms. The maximum Gasteiger partial charge on any atom is 0.303 e. The Morgan fingerprint density at radius 1 is 0.879 bits per heavy atom. The van der Waals surface area contributed by atoms with Crippen LogP contribution in [0.15, 0.2) is 36.4 Å². The molecular formula is C28H34O5. The molecule has 0 fully saturated rings. The lowest BCUT2D eigenvalue weighted by Gasteiger charge is -2.15. The van der Waals surface area contributed by atoms with Crippen molar-refractivity contribution in [2.24, 2.45) is 0 Å². The summed E-state index contributed by atoms with van der Waals surface area (Å²) in [5, 5.41) is 17.9. The molecule has 0 aliphatic heterocycles. The molecule has 2 N–H and O–H groups in total. The highest BCUT2D eigenvalue weighted by Gasteiger charge is 2.12. The van der Waals surface area contributed by atoms with Crippen molar-refractivity contribution in [3.8, 4) is 17.6 Å². The number of unbranched alkanes of at least 4 members (excludes halogenated alkanes) is 3. The second-order valence-corrected chi connectivity index (χ2v) is 8.37. The van der Waals surface area contributed by atoms with Gasteiger partial charge in [0.05, 0.1) is 6.61 Å². The SMILES string of the molecule is Cc1cc(C)cc(C#CCCCCCc2cccc(OCCCC(=O)O)c2CCC(=O)O)c1. The van der Waals surface area contributed by atoms with Crippen LogP contribution in [-0.2, 0) is 22.4 Å². The number of carboxylic acids is 2. The van der Waals surface area contributed by atoms with E-state index >= 15 is 0 Å².